The van der Waals surface area contributed by atoms with Gasteiger partial charge in [-0.15, -0.1) is 0 Å². The molecule has 0 aromatic carbocycles. The number of guanidine groups is 1. The number of halogens is 1. The fourth-order valence-corrected chi connectivity index (χ4v) is 3.13. The third-order valence-electron chi connectivity index (χ3n) is 3.09. The maximum Gasteiger partial charge on any atom is 0.224 e. The molecule has 0 spiro atoms. The number of primary sulfonamides is 1. The van der Waals surface area contributed by atoms with Crippen LogP contribution in [0.4, 0.5) is 4.39 Å². The molecule has 1 aliphatic rings. The Morgan fingerprint density at radius 1 is 1.50 bits per heavy atom. The number of nitrogens with two attached hydrogens (primary N) is 1. The summed E-state index contributed by atoms with van der Waals surface area (Å²) < 4.78 is 41.9. The molecule has 0 aliphatic carbocycles. The van der Waals surface area contributed by atoms with E-state index in [4.69, 9.17) is 9.88 Å². The Kier molecular flexibility index (Phi) is 6.64. The molecule has 0 saturated carbocycles. The maximum atomic E-state index is 12.8. The van der Waals surface area contributed by atoms with Crippen LogP contribution in [0.3, 0.4) is 0 Å². The summed E-state index contributed by atoms with van der Waals surface area (Å²) in [6, 6.07) is 0. The number of aliphatic imine (C=N–C) groups is 2. The van der Waals surface area contributed by atoms with E-state index < -0.39 is 21.1 Å². The number of hydrogen-bond acceptors (Lipinski definition) is 4. The molecule has 0 radical (unpaired) electrons. The highest BCUT2D eigenvalue weighted by molar-refractivity contribution is 7.89. The lowest BCUT2D eigenvalue weighted by Crippen LogP contribution is -2.52. The van der Waals surface area contributed by atoms with Gasteiger partial charge in [0.2, 0.25) is 16.0 Å². The molecular formula is C13H23FN4O3S. The molecule has 22 heavy (non-hydrogen) atoms. The lowest BCUT2D eigenvalue weighted by atomic mass is 10.1. The largest absolute Gasteiger partial charge is 0.374 e. The van der Waals surface area contributed by atoms with Crippen LogP contribution in [0.2, 0.25) is 0 Å². The molecule has 2 atom stereocenters. The zero-order valence-corrected chi connectivity index (χ0v) is 13.9. The summed E-state index contributed by atoms with van der Waals surface area (Å²) in [5.41, 5.74) is 0. The van der Waals surface area contributed by atoms with Gasteiger partial charge in [-0.25, -0.2) is 27.9 Å². The Morgan fingerprint density at radius 2 is 2.14 bits per heavy atom. The van der Waals surface area contributed by atoms with Crippen LogP contribution in [0.5, 0.6) is 0 Å². The topological polar surface area (TPSA) is 97.3 Å². The summed E-state index contributed by atoms with van der Waals surface area (Å²) >= 11 is 0. The lowest BCUT2D eigenvalue weighted by Gasteiger charge is -2.37. The summed E-state index contributed by atoms with van der Waals surface area (Å²) in [6.07, 6.45) is 0.911. The average molecular weight is 334 g/mol. The van der Waals surface area contributed by atoms with E-state index in [0.29, 0.717) is 13.0 Å². The number of piperidine rings is 1. The Balaban J connectivity index is 3.03. The molecule has 9 heteroatoms. The molecule has 0 amide bonds. The Bertz CT molecular complexity index is 556. The number of nitrogens with zero attached hydrogens (tertiary/aromatic N) is 3. The van der Waals surface area contributed by atoms with Gasteiger partial charge >= 0.3 is 0 Å². The van der Waals surface area contributed by atoms with Crippen molar-refractivity contribution in [3.05, 3.63) is 12.0 Å². The van der Waals surface area contributed by atoms with Crippen molar-refractivity contribution in [2.45, 2.75) is 44.6 Å². The van der Waals surface area contributed by atoms with Crippen molar-refractivity contribution in [3.63, 3.8) is 0 Å². The van der Waals surface area contributed by atoms with Crippen LogP contribution in [0.1, 0.15) is 27.2 Å². The molecule has 1 heterocycles. The number of ether oxygens (including phenoxy) is 1. The minimum atomic E-state index is -3.73. The Labute approximate surface area is 130 Å². The van der Waals surface area contributed by atoms with Crippen LogP contribution in [0.15, 0.2) is 22.0 Å². The average Bonchev–Trinajstić information content (AvgIpc) is 2.37. The van der Waals surface area contributed by atoms with Crippen molar-refractivity contribution in [2.75, 3.05) is 13.1 Å². The number of rotatable bonds is 4. The van der Waals surface area contributed by atoms with Crippen molar-refractivity contribution in [1.29, 1.82) is 0 Å². The van der Waals surface area contributed by atoms with Gasteiger partial charge in [-0.05, 0) is 33.9 Å². The van der Waals surface area contributed by atoms with E-state index >= 15 is 0 Å². The lowest BCUT2D eigenvalue weighted by molar-refractivity contribution is -0.0198. The van der Waals surface area contributed by atoms with Crippen LogP contribution < -0.4 is 5.14 Å². The van der Waals surface area contributed by atoms with Crippen LogP contribution in [0, 0.1) is 0 Å². The van der Waals surface area contributed by atoms with E-state index in [1.54, 1.807) is 4.90 Å². The van der Waals surface area contributed by atoms with E-state index in [-0.39, 0.29) is 24.7 Å². The minimum Gasteiger partial charge on any atom is -0.374 e. The van der Waals surface area contributed by atoms with Gasteiger partial charge in [0.05, 0.1) is 23.7 Å². The highest BCUT2D eigenvalue weighted by atomic mass is 32.2. The second-order valence-electron chi connectivity index (χ2n) is 5.46. The number of likely N-dealkylation sites (tertiary alicyclic amines) is 1. The second-order valence-corrected chi connectivity index (χ2v) is 7.31. The SMILES string of the molecule is C=N/C(=N\C=C(/C)F)N1C[C@H](OC(C)C)C[C@@H](S(N)(=O)=O)C1. The smallest absolute Gasteiger partial charge is 0.224 e. The Morgan fingerprint density at radius 3 is 2.59 bits per heavy atom. The van der Waals surface area contributed by atoms with Gasteiger partial charge < -0.3 is 9.64 Å². The van der Waals surface area contributed by atoms with Crippen molar-refractivity contribution >= 4 is 22.7 Å². The van der Waals surface area contributed by atoms with E-state index in [9.17, 15) is 12.8 Å². The zero-order chi connectivity index (χ0) is 16.9. The first-order valence-electron chi connectivity index (χ1n) is 6.92. The third kappa shape index (κ3) is 5.82. The predicted octanol–water partition coefficient (Wildman–Crippen LogP) is 1.03. The normalized spacial score (nSPS) is 24.7. The summed E-state index contributed by atoms with van der Waals surface area (Å²) in [6.45, 7) is 8.87. The first kappa shape index (κ1) is 18.7. The van der Waals surface area contributed by atoms with E-state index in [2.05, 4.69) is 16.7 Å². The standard InChI is InChI=1S/C13H23FN4O3S/c1-9(2)21-11-5-12(22(15,19)20)8-18(7-11)13(16-4)17-6-10(3)14/h6,9,11-12H,4-5,7-8H2,1-3H3,(H2,15,19,20)/b10-6+,17-13+/t11-,12-/m1/s1. The number of sulfonamides is 1. The van der Waals surface area contributed by atoms with Crippen LogP contribution >= 0.6 is 0 Å². The zero-order valence-electron chi connectivity index (χ0n) is 13.1. The molecule has 126 valence electrons. The van der Waals surface area contributed by atoms with Crippen LogP contribution in [0.25, 0.3) is 0 Å². The van der Waals surface area contributed by atoms with Gasteiger partial charge in [0.15, 0.2) is 0 Å². The van der Waals surface area contributed by atoms with Gasteiger partial charge in [-0.1, -0.05) is 0 Å². The summed E-state index contributed by atoms with van der Waals surface area (Å²) in [7, 11) is -3.73. The molecule has 0 unspecified atom stereocenters. The van der Waals surface area contributed by atoms with E-state index in [1.165, 1.54) is 6.92 Å². The fourth-order valence-electron chi connectivity index (χ4n) is 2.26. The monoisotopic (exact) mass is 334 g/mol. The molecule has 0 bridgehead atoms. The molecule has 1 fully saturated rings. The summed E-state index contributed by atoms with van der Waals surface area (Å²) in [5, 5.41) is 4.46. The molecule has 1 saturated heterocycles. The van der Waals surface area contributed by atoms with Crippen molar-refractivity contribution in [1.82, 2.24) is 4.90 Å². The predicted molar refractivity (Wildman–Crippen MR) is 84.9 cm³/mol. The molecule has 7 nitrogen and oxygen atoms in total. The third-order valence-corrected chi connectivity index (χ3v) is 4.36. The molecule has 0 aromatic rings. The molecule has 0 aromatic heterocycles. The fraction of sp³-hybridized carbons (Fsp3) is 0.692. The van der Waals surface area contributed by atoms with Crippen LogP contribution in [-0.4, -0.2) is 56.5 Å². The second kappa shape index (κ2) is 7.80. The molecule has 1 rings (SSSR count). The van der Waals surface area contributed by atoms with Crippen LogP contribution in [-0.2, 0) is 14.8 Å². The highest BCUT2D eigenvalue weighted by Gasteiger charge is 2.35. The first-order valence-corrected chi connectivity index (χ1v) is 8.53. The van der Waals surface area contributed by atoms with Gasteiger partial charge in [0.25, 0.3) is 0 Å². The highest BCUT2D eigenvalue weighted by Crippen LogP contribution is 2.20. The van der Waals surface area contributed by atoms with E-state index in [1.807, 2.05) is 13.8 Å². The van der Waals surface area contributed by atoms with Crippen molar-refractivity contribution in [3.8, 4) is 0 Å². The summed E-state index contributed by atoms with van der Waals surface area (Å²) in [4.78, 5) is 9.21. The van der Waals surface area contributed by atoms with Gasteiger partial charge in [0.1, 0.15) is 5.83 Å². The Hall–Kier alpha value is -1.32. The van der Waals surface area contributed by atoms with Gasteiger partial charge in [0, 0.05) is 13.1 Å². The van der Waals surface area contributed by atoms with Crippen molar-refractivity contribution in [2.24, 2.45) is 15.1 Å². The van der Waals surface area contributed by atoms with Gasteiger partial charge in [-0.3, -0.25) is 0 Å². The summed E-state index contributed by atoms with van der Waals surface area (Å²) in [5.74, 6) is -0.348. The molecule has 2 N–H and O–H groups in total. The van der Waals surface area contributed by atoms with E-state index in [0.717, 1.165) is 6.20 Å². The quantitative estimate of drug-likeness (QED) is 0.613. The number of hydrogen-bond donors (Lipinski definition) is 1. The first-order chi connectivity index (χ1) is 10.1. The molecule has 1 aliphatic heterocycles. The molecular weight excluding hydrogens is 311 g/mol. The van der Waals surface area contributed by atoms with Gasteiger partial charge in [-0.2, -0.15) is 0 Å². The number of allylic oxidation sites excluding steroid dienone is 1. The van der Waals surface area contributed by atoms with Crippen molar-refractivity contribution < 1.29 is 17.5 Å². The maximum absolute atomic E-state index is 12.8. The minimum absolute atomic E-state index is 0.0591.